The Bertz CT molecular complexity index is 183. The summed E-state index contributed by atoms with van der Waals surface area (Å²) in [6.45, 7) is 3.36. The van der Waals surface area contributed by atoms with Crippen LogP contribution in [0.15, 0.2) is 24.8 Å². The van der Waals surface area contributed by atoms with Gasteiger partial charge in [0.25, 0.3) is 0 Å². The van der Waals surface area contributed by atoms with E-state index in [1.165, 1.54) is 18.2 Å². The zero-order valence-corrected chi connectivity index (χ0v) is 5.36. The Labute approximate surface area is 58.6 Å². The van der Waals surface area contributed by atoms with Crippen LogP contribution >= 0.6 is 0 Å². The molecule has 0 spiro atoms. The standard InChI is InChI=1S/C7H8O3/c1-2-5(8)6-3-4-7(9)10-6/h2-6,8H,1H2/t5-,6+/m1/s1. The second kappa shape index (κ2) is 2.66. The predicted octanol–water partition coefficient (Wildman–Crippen LogP) is 0.0149. The first-order valence-electron chi connectivity index (χ1n) is 2.93. The van der Waals surface area contributed by atoms with Gasteiger partial charge in [0.1, 0.15) is 6.10 Å². The molecule has 10 heavy (non-hydrogen) atoms. The molecule has 2 atom stereocenters. The number of esters is 1. The number of hydrogen-bond acceptors (Lipinski definition) is 3. The van der Waals surface area contributed by atoms with E-state index < -0.39 is 18.2 Å². The lowest BCUT2D eigenvalue weighted by molar-refractivity contribution is -0.141. The zero-order chi connectivity index (χ0) is 7.56. The molecule has 0 aliphatic carbocycles. The van der Waals surface area contributed by atoms with Crippen LogP contribution in [0.5, 0.6) is 0 Å². The highest BCUT2D eigenvalue weighted by molar-refractivity contribution is 5.84. The molecule has 0 unspecified atom stereocenters. The third-order valence-electron chi connectivity index (χ3n) is 1.25. The van der Waals surface area contributed by atoms with Gasteiger partial charge < -0.3 is 9.84 Å². The number of carbonyl (C=O) groups is 1. The monoisotopic (exact) mass is 140 g/mol. The average molecular weight is 140 g/mol. The van der Waals surface area contributed by atoms with Gasteiger partial charge in [-0.1, -0.05) is 6.08 Å². The molecule has 3 nitrogen and oxygen atoms in total. The van der Waals surface area contributed by atoms with Crippen LogP contribution in [0.4, 0.5) is 0 Å². The van der Waals surface area contributed by atoms with Gasteiger partial charge in [0.15, 0.2) is 6.10 Å². The summed E-state index contributed by atoms with van der Waals surface area (Å²) >= 11 is 0. The normalized spacial score (nSPS) is 26.1. The van der Waals surface area contributed by atoms with Gasteiger partial charge in [0.05, 0.1) is 0 Å². The summed E-state index contributed by atoms with van der Waals surface area (Å²) in [7, 11) is 0. The van der Waals surface area contributed by atoms with Crippen molar-refractivity contribution in [2.24, 2.45) is 0 Å². The maximum atomic E-state index is 10.4. The van der Waals surface area contributed by atoms with Crippen molar-refractivity contribution >= 4 is 5.97 Å². The summed E-state index contributed by atoms with van der Waals surface area (Å²) in [6.07, 6.45) is 2.80. The fourth-order valence-electron chi connectivity index (χ4n) is 0.704. The zero-order valence-electron chi connectivity index (χ0n) is 5.36. The fourth-order valence-corrected chi connectivity index (χ4v) is 0.704. The van der Waals surface area contributed by atoms with Gasteiger partial charge >= 0.3 is 5.97 Å². The molecule has 1 heterocycles. The molecule has 0 amide bonds. The van der Waals surface area contributed by atoms with Crippen molar-refractivity contribution in [1.82, 2.24) is 0 Å². The SMILES string of the molecule is C=C[C@@H](O)[C@@H]1C=CC(=O)O1. The van der Waals surface area contributed by atoms with Crippen LogP contribution in [0.2, 0.25) is 0 Å². The van der Waals surface area contributed by atoms with Crippen LogP contribution in [-0.2, 0) is 9.53 Å². The molecule has 3 heteroatoms. The Morgan fingerprint density at radius 2 is 2.60 bits per heavy atom. The van der Waals surface area contributed by atoms with Gasteiger partial charge in [0, 0.05) is 6.08 Å². The van der Waals surface area contributed by atoms with E-state index >= 15 is 0 Å². The number of hydrogen-bond donors (Lipinski definition) is 1. The number of aliphatic hydroxyl groups is 1. The van der Waals surface area contributed by atoms with Crippen molar-refractivity contribution in [1.29, 1.82) is 0 Å². The van der Waals surface area contributed by atoms with Crippen molar-refractivity contribution in [3.8, 4) is 0 Å². The smallest absolute Gasteiger partial charge is 0.331 e. The second-order valence-electron chi connectivity index (χ2n) is 1.99. The van der Waals surface area contributed by atoms with Crippen LogP contribution in [0.3, 0.4) is 0 Å². The Hall–Kier alpha value is -1.09. The van der Waals surface area contributed by atoms with E-state index in [1.54, 1.807) is 0 Å². The first kappa shape index (κ1) is 7.02. The highest BCUT2D eigenvalue weighted by Crippen LogP contribution is 2.09. The van der Waals surface area contributed by atoms with E-state index in [2.05, 4.69) is 11.3 Å². The predicted molar refractivity (Wildman–Crippen MR) is 35.2 cm³/mol. The Kier molecular flexibility index (Phi) is 1.87. The van der Waals surface area contributed by atoms with E-state index in [0.717, 1.165) is 0 Å². The first-order valence-corrected chi connectivity index (χ1v) is 2.93. The number of cyclic esters (lactones) is 1. The van der Waals surface area contributed by atoms with Crippen LogP contribution in [0.1, 0.15) is 0 Å². The Morgan fingerprint density at radius 3 is 3.00 bits per heavy atom. The molecule has 0 aromatic heterocycles. The molecule has 1 rings (SSSR count). The van der Waals surface area contributed by atoms with E-state index in [-0.39, 0.29) is 0 Å². The number of rotatable bonds is 2. The highest BCUT2D eigenvalue weighted by atomic mass is 16.6. The number of carbonyl (C=O) groups excluding carboxylic acids is 1. The van der Waals surface area contributed by atoms with E-state index in [9.17, 15) is 4.79 Å². The summed E-state index contributed by atoms with van der Waals surface area (Å²) in [5.74, 6) is -0.411. The minimum Gasteiger partial charge on any atom is -0.452 e. The third kappa shape index (κ3) is 1.25. The largest absolute Gasteiger partial charge is 0.452 e. The van der Waals surface area contributed by atoms with Gasteiger partial charge in [-0.3, -0.25) is 0 Å². The van der Waals surface area contributed by atoms with E-state index in [1.807, 2.05) is 0 Å². The molecular weight excluding hydrogens is 132 g/mol. The number of aliphatic hydroxyl groups excluding tert-OH is 1. The third-order valence-corrected chi connectivity index (χ3v) is 1.25. The minimum absolute atomic E-state index is 0.411. The molecule has 0 bridgehead atoms. The van der Waals surface area contributed by atoms with Gasteiger partial charge in [-0.05, 0) is 6.08 Å². The molecule has 1 aliphatic rings. The highest BCUT2D eigenvalue weighted by Gasteiger charge is 2.21. The fraction of sp³-hybridized carbons (Fsp3) is 0.286. The van der Waals surface area contributed by atoms with Gasteiger partial charge in [-0.2, -0.15) is 0 Å². The van der Waals surface area contributed by atoms with E-state index in [0.29, 0.717) is 0 Å². The molecular formula is C7H8O3. The Morgan fingerprint density at radius 1 is 1.90 bits per heavy atom. The molecule has 0 aromatic carbocycles. The molecule has 54 valence electrons. The quantitative estimate of drug-likeness (QED) is 0.434. The lowest BCUT2D eigenvalue weighted by Gasteiger charge is -2.10. The van der Waals surface area contributed by atoms with Crippen molar-refractivity contribution in [2.75, 3.05) is 0 Å². The maximum absolute atomic E-state index is 10.4. The average Bonchev–Trinajstić information content (AvgIpc) is 2.34. The van der Waals surface area contributed by atoms with E-state index in [4.69, 9.17) is 5.11 Å². The van der Waals surface area contributed by atoms with Gasteiger partial charge in [0.2, 0.25) is 0 Å². The number of ether oxygens (including phenoxy) is 1. The van der Waals surface area contributed by atoms with Crippen molar-refractivity contribution in [3.63, 3.8) is 0 Å². The van der Waals surface area contributed by atoms with Crippen molar-refractivity contribution in [3.05, 3.63) is 24.8 Å². The summed E-state index contributed by atoms with van der Waals surface area (Å²) < 4.78 is 4.64. The summed E-state index contributed by atoms with van der Waals surface area (Å²) in [6, 6.07) is 0. The van der Waals surface area contributed by atoms with Crippen molar-refractivity contribution < 1.29 is 14.6 Å². The first-order chi connectivity index (χ1) is 4.74. The molecule has 0 radical (unpaired) electrons. The lowest BCUT2D eigenvalue weighted by atomic mass is 10.2. The topological polar surface area (TPSA) is 46.5 Å². The molecule has 0 saturated carbocycles. The Balaban J connectivity index is 2.53. The van der Waals surface area contributed by atoms with Crippen LogP contribution in [0, 0.1) is 0 Å². The maximum Gasteiger partial charge on any atom is 0.331 e. The molecule has 0 fully saturated rings. The molecule has 0 aromatic rings. The van der Waals surface area contributed by atoms with Crippen LogP contribution in [0.25, 0.3) is 0 Å². The minimum atomic E-state index is -0.789. The van der Waals surface area contributed by atoms with Gasteiger partial charge in [-0.25, -0.2) is 4.79 Å². The summed E-state index contributed by atoms with van der Waals surface area (Å²) in [5.41, 5.74) is 0. The lowest BCUT2D eigenvalue weighted by Crippen LogP contribution is -2.22. The van der Waals surface area contributed by atoms with Crippen LogP contribution < -0.4 is 0 Å². The summed E-state index contributed by atoms with van der Waals surface area (Å²) in [4.78, 5) is 10.4. The second-order valence-corrected chi connectivity index (χ2v) is 1.99. The molecule has 0 saturated heterocycles. The summed E-state index contributed by atoms with van der Waals surface area (Å²) in [5, 5.41) is 9.03. The van der Waals surface area contributed by atoms with Crippen molar-refractivity contribution in [2.45, 2.75) is 12.2 Å². The van der Waals surface area contributed by atoms with Crippen LogP contribution in [-0.4, -0.2) is 23.3 Å². The molecule has 1 aliphatic heterocycles. The van der Waals surface area contributed by atoms with Gasteiger partial charge in [-0.15, -0.1) is 6.58 Å². The molecule has 1 N–H and O–H groups in total.